The highest BCUT2D eigenvalue weighted by atomic mass is 16.1. The van der Waals surface area contributed by atoms with Gasteiger partial charge in [-0.3, -0.25) is 9.89 Å². The van der Waals surface area contributed by atoms with Crippen LogP contribution in [0.5, 0.6) is 0 Å². The number of nitrogens with one attached hydrogen (secondary N) is 2. The third-order valence-corrected chi connectivity index (χ3v) is 2.48. The van der Waals surface area contributed by atoms with Crippen LogP contribution in [0, 0.1) is 0 Å². The van der Waals surface area contributed by atoms with E-state index >= 15 is 0 Å². The molecule has 0 aromatic carbocycles. The first-order valence-electron chi connectivity index (χ1n) is 5.92. The summed E-state index contributed by atoms with van der Waals surface area (Å²) in [5, 5.41) is 9.68. The van der Waals surface area contributed by atoms with Gasteiger partial charge in [0.15, 0.2) is 5.82 Å². The lowest BCUT2D eigenvalue weighted by molar-refractivity contribution is -0.116. The maximum absolute atomic E-state index is 11.6. The number of anilines is 1. The van der Waals surface area contributed by atoms with E-state index in [4.69, 9.17) is 5.73 Å². The van der Waals surface area contributed by atoms with Crippen molar-refractivity contribution in [1.82, 2.24) is 10.2 Å². The Morgan fingerprint density at radius 3 is 2.71 bits per heavy atom. The summed E-state index contributed by atoms with van der Waals surface area (Å²) in [6, 6.07) is 1.86. The largest absolute Gasteiger partial charge is 0.326 e. The summed E-state index contributed by atoms with van der Waals surface area (Å²) in [6.07, 6.45) is 1.06. The van der Waals surface area contributed by atoms with Gasteiger partial charge >= 0.3 is 0 Å². The van der Waals surface area contributed by atoms with E-state index in [0.29, 0.717) is 24.6 Å². The smallest absolute Gasteiger partial charge is 0.225 e. The molecular formula is C12H22N4O. The highest BCUT2D eigenvalue weighted by Crippen LogP contribution is 2.15. The molecule has 0 aliphatic heterocycles. The number of nitrogens with zero attached hydrogens (tertiary/aromatic N) is 1. The Hall–Kier alpha value is -1.36. The minimum atomic E-state index is -0.313. The van der Waals surface area contributed by atoms with Gasteiger partial charge in [-0.25, -0.2) is 0 Å². The first-order chi connectivity index (χ1) is 7.78. The van der Waals surface area contributed by atoms with Crippen LogP contribution in [0.15, 0.2) is 6.07 Å². The zero-order chi connectivity index (χ0) is 13.1. The van der Waals surface area contributed by atoms with E-state index < -0.39 is 0 Å². The van der Waals surface area contributed by atoms with Crippen LogP contribution in [0.1, 0.15) is 52.1 Å². The zero-order valence-corrected chi connectivity index (χ0v) is 11.0. The zero-order valence-electron chi connectivity index (χ0n) is 11.0. The Balaban J connectivity index is 2.45. The van der Waals surface area contributed by atoms with Crippen molar-refractivity contribution in [3.05, 3.63) is 11.8 Å². The third-order valence-electron chi connectivity index (χ3n) is 2.48. The molecule has 1 aromatic rings. The summed E-state index contributed by atoms with van der Waals surface area (Å²) < 4.78 is 0. The molecule has 0 saturated carbocycles. The monoisotopic (exact) mass is 238 g/mol. The average Bonchev–Trinajstić information content (AvgIpc) is 2.62. The number of hydrogen-bond donors (Lipinski definition) is 3. The van der Waals surface area contributed by atoms with Crippen LogP contribution in [-0.4, -0.2) is 21.6 Å². The first-order valence-corrected chi connectivity index (χ1v) is 5.92. The molecule has 0 spiro atoms. The van der Waals surface area contributed by atoms with Gasteiger partial charge in [0, 0.05) is 23.7 Å². The van der Waals surface area contributed by atoms with Gasteiger partial charge in [0.2, 0.25) is 5.91 Å². The number of carbonyl (C=O) groups excluding carboxylic acids is 1. The third kappa shape index (κ3) is 4.99. The standard InChI is InChI=1S/C12H22N4O/c1-8(2)9-7-10(16-15-9)14-11(17)5-6-12(3,4)13/h7-8H,5-6,13H2,1-4H3,(H2,14,15,16,17). The van der Waals surface area contributed by atoms with E-state index in [0.717, 1.165) is 5.69 Å². The molecule has 5 nitrogen and oxygen atoms in total. The number of aromatic amines is 1. The highest BCUT2D eigenvalue weighted by molar-refractivity contribution is 5.89. The normalized spacial score (nSPS) is 11.9. The number of aromatic nitrogens is 2. The van der Waals surface area contributed by atoms with Crippen molar-refractivity contribution in [2.24, 2.45) is 5.73 Å². The first kappa shape index (κ1) is 13.7. The summed E-state index contributed by atoms with van der Waals surface area (Å²) in [5.74, 6) is 0.898. The SMILES string of the molecule is CC(C)c1cc(NC(=O)CCC(C)(C)N)n[nH]1. The fourth-order valence-corrected chi connectivity index (χ4v) is 1.34. The van der Waals surface area contributed by atoms with Crippen molar-refractivity contribution in [3.8, 4) is 0 Å². The topological polar surface area (TPSA) is 83.8 Å². The van der Waals surface area contributed by atoms with Gasteiger partial charge in [0.25, 0.3) is 0 Å². The van der Waals surface area contributed by atoms with Crippen LogP contribution in [0.2, 0.25) is 0 Å². The number of hydrogen-bond acceptors (Lipinski definition) is 3. The van der Waals surface area contributed by atoms with Crippen LogP contribution >= 0.6 is 0 Å². The number of rotatable bonds is 5. The Labute approximate surface area is 102 Å². The van der Waals surface area contributed by atoms with E-state index in [-0.39, 0.29) is 11.4 Å². The molecule has 4 N–H and O–H groups in total. The Morgan fingerprint density at radius 2 is 2.24 bits per heavy atom. The molecule has 96 valence electrons. The maximum atomic E-state index is 11.6. The van der Waals surface area contributed by atoms with Crippen LogP contribution in [0.4, 0.5) is 5.82 Å². The fourth-order valence-electron chi connectivity index (χ4n) is 1.34. The quantitative estimate of drug-likeness (QED) is 0.733. The molecule has 1 heterocycles. The van der Waals surface area contributed by atoms with Crippen LogP contribution in [-0.2, 0) is 4.79 Å². The Kier molecular flexibility index (Phi) is 4.28. The number of carbonyl (C=O) groups is 1. The predicted octanol–water partition coefficient (Wildman–Crippen LogP) is 1.99. The van der Waals surface area contributed by atoms with Gasteiger partial charge in [-0.05, 0) is 26.2 Å². The van der Waals surface area contributed by atoms with Crippen molar-refractivity contribution >= 4 is 11.7 Å². The van der Waals surface area contributed by atoms with Crippen LogP contribution in [0.25, 0.3) is 0 Å². The summed E-state index contributed by atoms with van der Waals surface area (Å²) in [5.41, 5.74) is 6.52. The lowest BCUT2D eigenvalue weighted by atomic mass is 10.00. The summed E-state index contributed by atoms with van der Waals surface area (Å²) in [6.45, 7) is 7.95. The molecule has 0 saturated heterocycles. The second-order valence-electron chi connectivity index (χ2n) is 5.40. The minimum Gasteiger partial charge on any atom is -0.326 e. The molecule has 17 heavy (non-hydrogen) atoms. The maximum Gasteiger partial charge on any atom is 0.225 e. The molecule has 1 rings (SSSR count). The van der Waals surface area contributed by atoms with E-state index in [1.165, 1.54) is 0 Å². The average molecular weight is 238 g/mol. The summed E-state index contributed by atoms with van der Waals surface area (Å²) in [4.78, 5) is 11.6. The molecule has 1 aromatic heterocycles. The van der Waals surface area contributed by atoms with Gasteiger partial charge in [-0.1, -0.05) is 13.8 Å². The summed E-state index contributed by atoms with van der Waals surface area (Å²) >= 11 is 0. The fraction of sp³-hybridized carbons (Fsp3) is 0.667. The number of nitrogens with two attached hydrogens (primary N) is 1. The van der Waals surface area contributed by atoms with Crippen molar-refractivity contribution < 1.29 is 4.79 Å². The lowest BCUT2D eigenvalue weighted by Gasteiger charge is -2.17. The van der Waals surface area contributed by atoms with Gasteiger partial charge < -0.3 is 11.1 Å². The van der Waals surface area contributed by atoms with E-state index in [1.807, 2.05) is 19.9 Å². The molecular weight excluding hydrogens is 216 g/mol. The van der Waals surface area contributed by atoms with Gasteiger partial charge in [0.1, 0.15) is 0 Å². The lowest BCUT2D eigenvalue weighted by Crippen LogP contribution is -2.33. The van der Waals surface area contributed by atoms with Gasteiger partial charge in [0.05, 0.1) is 0 Å². The van der Waals surface area contributed by atoms with E-state index in [1.54, 1.807) is 0 Å². The molecule has 0 radical (unpaired) electrons. The Bertz CT molecular complexity index is 376. The number of H-pyrrole nitrogens is 1. The van der Waals surface area contributed by atoms with E-state index in [9.17, 15) is 4.79 Å². The molecule has 0 atom stereocenters. The van der Waals surface area contributed by atoms with Crippen molar-refractivity contribution in [2.75, 3.05) is 5.32 Å². The summed E-state index contributed by atoms with van der Waals surface area (Å²) in [7, 11) is 0. The number of amides is 1. The second kappa shape index (κ2) is 5.31. The predicted molar refractivity (Wildman–Crippen MR) is 68.8 cm³/mol. The molecule has 1 amide bonds. The van der Waals surface area contributed by atoms with Crippen LogP contribution in [0.3, 0.4) is 0 Å². The van der Waals surface area contributed by atoms with Crippen LogP contribution < -0.4 is 11.1 Å². The molecule has 0 bridgehead atoms. The van der Waals surface area contributed by atoms with Gasteiger partial charge in [-0.2, -0.15) is 5.10 Å². The highest BCUT2D eigenvalue weighted by Gasteiger charge is 2.14. The van der Waals surface area contributed by atoms with Gasteiger partial charge in [-0.15, -0.1) is 0 Å². The van der Waals surface area contributed by atoms with Crippen molar-refractivity contribution in [3.63, 3.8) is 0 Å². The minimum absolute atomic E-state index is 0.0506. The van der Waals surface area contributed by atoms with Crippen molar-refractivity contribution in [1.29, 1.82) is 0 Å². The molecule has 0 unspecified atom stereocenters. The van der Waals surface area contributed by atoms with Crippen molar-refractivity contribution in [2.45, 2.75) is 52.0 Å². The Morgan fingerprint density at radius 1 is 1.59 bits per heavy atom. The molecule has 0 fully saturated rings. The molecule has 0 aliphatic rings. The molecule has 0 aliphatic carbocycles. The second-order valence-corrected chi connectivity index (χ2v) is 5.40. The van der Waals surface area contributed by atoms with E-state index in [2.05, 4.69) is 29.4 Å². The molecule has 5 heteroatoms.